The highest BCUT2D eigenvalue weighted by atomic mass is 32.2. The molecule has 0 aliphatic carbocycles. The van der Waals surface area contributed by atoms with E-state index in [-0.39, 0.29) is 12.5 Å². The molecule has 1 amide bonds. The molecule has 1 unspecified atom stereocenters. The highest BCUT2D eigenvalue weighted by Gasteiger charge is 2.16. The van der Waals surface area contributed by atoms with Gasteiger partial charge < -0.3 is 15.7 Å². The van der Waals surface area contributed by atoms with Crippen LogP contribution in [0.1, 0.15) is 6.42 Å². The Morgan fingerprint density at radius 3 is 2.77 bits per heavy atom. The van der Waals surface area contributed by atoms with E-state index >= 15 is 0 Å². The Kier molecular flexibility index (Phi) is 7.03. The lowest BCUT2D eigenvalue weighted by Gasteiger charge is -2.20. The van der Waals surface area contributed by atoms with Gasteiger partial charge in [0.15, 0.2) is 0 Å². The Morgan fingerprint density at radius 2 is 2.31 bits per heavy atom. The van der Waals surface area contributed by atoms with Crippen molar-refractivity contribution < 1.29 is 9.90 Å². The number of aliphatic hydroxyl groups is 1. The predicted molar refractivity (Wildman–Crippen MR) is 55.7 cm³/mol. The average molecular weight is 206 g/mol. The first kappa shape index (κ1) is 12.7. The molecule has 0 saturated heterocycles. The van der Waals surface area contributed by atoms with Crippen LogP contribution in [-0.4, -0.2) is 54.2 Å². The summed E-state index contributed by atoms with van der Waals surface area (Å²) in [7, 11) is 1.71. The quantitative estimate of drug-likeness (QED) is 0.616. The Labute approximate surface area is 83.5 Å². The molecule has 0 aliphatic rings. The van der Waals surface area contributed by atoms with E-state index in [9.17, 15) is 4.79 Å². The molecule has 0 aromatic heterocycles. The molecule has 5 heteroatoms. The van der Waals surface area contributed by atoms with E-state index in [0.717, 1.165) is 0 Å². The number of nitrogens with two attached hydrogens (primary N) is 1. The van der Waals surface area contributed by atoms with Crippen LogP contribution in [0.5, 0.6) is 0 Å². The molecule has 13 heavy (non-hydrogen) atoms. The number of carbonyl (C=O) groups is 1. The molecule has 0 fully saturated rings. The number of rotatable bonds is 6. The summed E-state index contributed by atoms with van der Waals surface area (Å²) in [6.45, 7) is 0.673. The number of hydrogen-bond acceptors (Lipinski definition) is 4. The van der Waals surface area contributed by atoms with Crippen LogP contribution in [0.15, 0.2) is 0 Å². The van der Waals surface area contributed by atoms with Crippen molar-refractivity contribution in [3.63, 3.8) is 0 Å². The van der Waals surface area contributed by atoms with Gasteiger partial charge in [0.25, 0.3) is 0 Å². The molecule has 0 aromatic rings. The molecule has 0 heterocycles. The second-order valence-electron chi connectivity index (χ2n) is 2.90. The second kappa shape index (κ2) is 7.17. The zero-order valence-electron chi connectivity index (χ0n) is 8.19. The number of carbonyl (C=O) groups excluding carboxylic acids is 1. The molecule has 0 saturated carbocycles. The number of thioether (sulfide) groups is 1. The van der Waals surface area contributed by atoms with Crippen molar-refractivity contribution >= 4 is 17.7 Å². The molecule has 0 aromatic carbocycles. The van der Waals surface area contributed by atoms with Gasteiger partial charge in [-0.1, -0.05) is 0 Å². The fourth-order valence-corrected chi connectivity index (χ4v) is 1.45. The molecule has 3 N–H and O–H groups in total. The summed E-state index contributed by atoms with van der Waals surface area (Å²) in [5.41, 5.74) is 5.63. The maximum absolute atomic E-state index is 11.4. The summed E-state index contributed by atoms with van der Waals surface area (Å²) in [6, 6.07) is -0.418. The van der Waals surface area contributed by atoms with Crippen molar-refractivity contribution in [1.29, 1.82) is 0 Å². The minimum atomic E-state index is -0.418. The third-order valence-corrected chi connectivity index (χ3v) is 2.38. The lowest BCUT2D eigenvalue weighted by molar-refractivity contribution is -0.130. The minimum absolute atomic E-state index is 0.0530. The number of nitrogens with zero attached hydrogens (tertiary/aromatic N) is 1. The van der Waals surface area contributed by atoms with Gasteiger partial charge in [-0.2, -0.15) is 11.8 Å². The van der Waals surface area contributed by atoms with Crippen molar-refractivity contribution in [2.45, 2.75) is 12.5 Å². The van der Waals surface area contributed by atoms with Crippen molar-refractivity contribution in [2.75, 3.05) is 32.2 Å². The van der Waals surface area contributed by atoms with Crippen LogP contribution in [0, 0.1) is 0 Å². The third kappa shape index (κ3) is 5.13. The SMILES string of the molecule is CSCC(N)C(=O)N(C)CCCO. The van der Waals surface area contributed by atoms with E-state index in [2.05, 4.69) is 0 Å². The summed E-state index contributed by atoms with van der Waals surface area (Å²) < 4.78 is 0. The van der Waals surface area contributed by atoms with Crippen LogP contribution in [0.2, 0.25) is 0 Å². The van der Waals surface area contributed by atoms with Gasteiger partial charge in [-0.3, -0.25) is 4.79 Å². The summed E-state index contributed by atoms with van der Waals surface area (Å²) >= 11 is 1.56. The van der Waals surface area contributed by atoms with E-state index in [4.69, 9.17) is 10.8 Å². The Morgan fingerprint density at radius 1 is 1.69 bits per heavy atom. The maximum Gasteiger partial charge on any atom is 0.240 e. The van der Waals surface area contributed by atoms with E-state index in [1.165, 1.54) is 0 Å². The predicted octanol–water partition coefficient (Wildman–Crippen LogP) is -0.482. The molecule has 0 radical (unpaired) electrons. The van der Waals surface area contributed by atoms with Gasteiger partial charge in [0.2, 0.25) is 5.91 Å². The molecule has 0 spiro atoms. The Bertz CT molecular complexity index is 155. The van der Waals surface area contributed by atoms with Gasteiger partial charge >= 0.3 is 0 Å². The van der Waals surface area contributed by atoms with Crippen molar-refractivity contribution in [1.82, 2.24) is 4.90 Å². The van der Waals surface area contributed by atoms with Crippen LogP contribution in [0.25, 0.3) is 0 Å². The zero-order valence-corrected chi connectivity index (χ0v) is 9.01. The van der Waals surface area contributed by atoms with E-state index in [1.54, 1.807) is 23.7 Å². The lowest BCUT2D eigenvalue weighted by Crippen LogP contribution is -2.43. The van der Waals surface area contributed by atoms with E-state index in [1.807, 2.05) is 6.26 Å². The highest BCUT2D eigenvalue weighted by Crippen LogP contribution is 1.99. The van der Waals surface area contributed by atoms with Crippen molar-refractivity contribution in [3.8, 4) is 0 Å². The van der Waals surface area contributed by atoms with Crippen molar-refractivity contribution in [2.24, 2.45) is 5.73 Å². The molecular weight excluding hydrogens is 188 g/mol. The van der Waals surface area contributed by atoms with Crippen molar-refractivity contribution in [3.05, 3.63) is 0 Å². The topological polar surface area (TPSA) is 66.6 Å². The third-order valence-electron chi connectivity index (χ3n) is 1.69. The van der Waals surface area contributed by atoms with Crippen LogP contribution < -0.4 is 5.73 Å². The van der Waals surface area contributed by atoms with Crippen LogP contribution >= 0.6 is 11.8 Å². The summed E-state index contributed by atoms with van der Waals surface area (Å²) in [6.07, 6.45) is 2.52. The van der Waals surface area contributed by atoms with Gasteiger partial charge in [-0.05, 0) is 12.7 Å². The minimum Gasteiger partial charge on any atom is -0.396 e. The molecule has 0 rings (SSSR count). The first-order valence-corrected chi connectivity index (χ1v) is 5.63. The van der Waals surface area contributed by atoms with Gasteiger partial charge in [0.1, 0.15) is 0 Å². The van der Waals surface area contributed by atoms with Gasteiger partial charge in [-0.25, -0.2) is 0 Å². The average Bonchev–Trinajstić information content (AvgIpc) is 2.13. The lowest BCUT2D eigenvalue weighted by atomic mass is 10.3. The number of amides is 1. The summed E-state index contributed by atoms with van der Waals surface area (Å²) in [5, 5.41) is 8.57. The Balaban J connectivity index is 3.79. The maximum atomic E-state index is 11.4. The van der Waals surface area contributed by atoms with E-state index < -0.39 is 6.04 Å². The Hall–Kier alpha value is -0.260. The molecule has 1 atom stereocenters. The highest BCUT2D eigenvalue weighted by molar-refractivity contribution is 7.98. The molecule has 0 bridgehead atoms. The molecule has 78 valence electrons. The van der Waals surface area contributed by atoms with Gasteiger partial charge in [0.05, 0.1) is 6.04 Å². The standard InChI is InChI=1S/C8H18N2O2S/c1-10(4-3-5-11)8(12)7(9)6-13-2/h7,11H,3-6,9H2,1-2H3. The number of aliphatic hydroxyl groups excluding tert-OH is 1. The molecule has 4 nitrogen and oxygen atoms in total. The summed E-state index contributed by atoms with van der Waals surface area (Å²) in [5.74, 6) is 0.588. The monoisotopic (exact) mass is 206 g/mol. The first-order chi connectivity index (χ1) is 6.13. The second-order valence-corrected chi connectivity index (χ2v) is 3.81. The molecule has 0 aliphatic heterocycles. The number of hydrogen-bond donors (Lipinski definition) is 2. The normalized spacial score (nSPS) is 12.6. The van der Waals surface area contributed by atoms with Gasteiger partial charge in [-0.15, -0.1) is 0 Å². The van der Waals surface area contributed by atoms with Gasteiger partial charge in [0, 0.05) is 26.0 Å². The van der Waals surface area contributed by atoms with Crippen LogP contribution in [-0.2, 0) is 4.79 Å². The van der Waals surface area contributed by atoms with Crippen LogP contribution in [0.3, 0.4) is 0 Å². The summed E-state index contributed by atoms with van der Waals surface area (Å²) in [4.78, 5) is 13.0. The largest absolute Gasteiger partial charge is 0.396 e. The van der Waals surface area contributed by atoms with Crippen LogP contribution in [0.4, 0.5) is 0 Å². The fraction of sp³-hybridized carbons (Fsp3) is 0.875. The molecular formula is C8H18N2O2S. The fourth-order valence-electron chi connectivity index (χ4n) is 0.952. The van der Waals surface area contributed by atoms with E-state index in [0.29, 0.717) is 18.7 Å². The first-order valence-electron chi connectivity index (χ1n) is 4.23. The zero-order chi connectivity index (χ0) is 10.3. The smallest absolute Gasteiger partial charge is 0.240 e. The number of likely N-dealkylation sites (N-methyl/N-ethyl adjacent to an activating group) is 1.